The van der Waals surface area contributed by atoms with Crippen molar-refractivity contribution in [3.63, 3.8) is 0 Å². The van der Waals surface area contributed by atoms with Gasteiger partial charge in [-0.15, -0.1) is 0 Å². The molecule has 168 valence electrons. The van der Waals surface area contributed by atoms with E-state index >= 15 is 0 Å². The molecule has 0 saturated carbocycles. The standard InChI is InChI=1S/C27H27N3O2S/c1-5-16(2)19-11-12-24-23(15-19)29-26(32-24)21-7-6-8-22(14-21)28-27(33)30-25(31)20-10-9-17(3)18(4)13-20/h6-16H,5H2,1-4H3,(H2,28,30,31,33)/t16-/m0/s1. The number of carbonyl (C=O) groups excluding carboxylic acids is 1. The number of fused-ring (bicyclic) bond motifs is 1. The molecule has 0 unspecified atom stereocenters. The molecule has 0 aliphatic rings. The average Bonchev–Trinajstić information content (AvgIpc) is 3.24. The number of anilines is 1. The summed E-state index contributed by atoms with van der Waals surface area (Å²) < 4.78 is 5.98. The van der Waals surface area contributed by atoms with Crippen molar-refractivity contribution in [2.75, 3.05) is 5.32 Å². The minimum absolute atomic E-state index is 0.228. The topological polar surface area (TPSA) is 67.2 Å². The fourth-order valence-corrected chi connectivity index (χ4v) is 3.77. The normalized spacial score (nSPS) is 11.9. The van der Waals surface area contributed by atoms with E-state index in [4.69, 9.17) is 16.6 Å². The number of oxazole rings is 1. The lowest BCUT2D eigenvalue weighted by Crippen LogP contribution is -2.34. The molecule has 3 aromatic carbocycles. The Balaban J connectivity index is 1.49. The summed E-state index contributed by atoms with van der Waals surface area (Å²) >= 11 is 5.35. The first-order valence-electron chi connectivity index (χ1n) is 11.0. The molecule has 0 radical (unpaired) electrons. The van der Waals surface area contributed by atoms with Crippen molar-refractivity contribution in [1.29, 1.82) is 0 Å². The van der Waals surface area contributed by atoms with Crippen molar-refractivity contribution in [3.8, 4) is 11.5 Å². The van der Waals surface area contributed by atoms with E-state index in [-0.39, 0.29) is 11.0 Å². The van der Waals surface area contributed by atoms with Crippen molar-refractivity contribution in [1.82, 2.24) is 10.3 Å². The Bertz CT molecular complexity index is 1340. The molecule has 0 spiro atoms. The van der Waals surface area contributed by atoms with Crippen LogP contribution in [-0.2, 0) is 0 Å². The van der Waals surface area contributed by atoms with Gasteiger partial charge >= 0.3 is 0 Å². The molecule has 33 heavy (non-hydrogen) atoms. The van der Waals surface area contributed by atoms with E-state index in [0.29, 0.717) is 17.4 Å². The highest BCUT2D eigenvalue weighted by molar-refractivity contribution is 7.80. The van der Waals surface area contributed by atoms with Crippen molar-refractivity contribution >= 4 is 40.0 Å². The number of nitrogens with zero attached hydrogens (tertiary/aromatic N) is 1. The molecule has 1 atom stereocenters. The Morgan fingerprint density at radius 1 is 1.06 bits per heavy atom. The SMILES string of the molecule is CC[C@H](C)c1ccc2oc(-c3cccc(NC(=S)NC(=O)c4ccc(C)c(C)c4)c3)nc2c1. The third-order valence-electron chi connectivity index (χ3n) is 5.96. The van der Waals surface area contributed by atoms with Crippen LogP contribution in [0.15, 0.2) is 65.1 Å². The van der Waals surface area contributed by atoms with Gasteiger partial charge < -0.3 is 9.73 Å². The van der Waals surface area contributed by atoms with Crippen LogP contribution < -0.4 is 10.6 Å². The maximum absolute atomic E-state index is 12.5. The molecule has 4 aromatic rings. The second-order valence-electron chi connectivity index (χ2n) is 8.34. The smallest absolute Gasteiger partial charge is 0.257 e. The van der Waals surface area contributed by atoms with Gasteiger partial charge in [-0.2, -0.15) is 0 Å². The van der Waals surface area contributed by atoms with Crippen LogP contribution in [0.4, 0.5) is 5.69 Å². The van der Waals surface area contributed by atoms with E-state index in [1.807, 2.05) is 56.3 Å². The number of hydrogen-bond acceptors (Lipinski definition) is 4. The quantitative estimate of drug-likeness (QED) is 0.324. The van der Waals surface area contributed by atoms with Gasteiger partial charge in [0.15, 0.2) is 10.7 Å². The lowest BCUT2D eigenvalue weighted by Gasteiger charge is -2.11. The second-order valence-corrected chi connectivity index (χ2v) is 8.75. The number of aromatic nitrogens is 1. The van der Waals surface area contributed by atoms with Gasteiger partial charge in [-0.1, -0.05) is 32.0 Å². The largest absolute Gasteiger partial charge is 0.436 e. The van der Waals surface area contributed by atoms with Crippen LogP contribution in [0.1, 0.15) is 53.2 Å². The highest BCUT2D eigenvalue weighted by Gasteiger charge is 2.13. The Hall–Kier alpha value is -3.51. The Morgan fingerprint density at radius 2 is 1.88 bits per heavy atom. The number of amides is 1. The summed E-state index contributed by atoms with van der Waals surface area (Å²) in [5.74, 6) is 0.768. The number of nitrogens with one attached hydrogen (secondary N) is 2. The van der Waals surface area contributed by atoms with Crippen LogP contribution in [-0.4, -0.2) is 16.0 Å². The first-order valence-corrected chi connectivity index (χ1v) is 11.5. The van der Waals surface area contributed by atoms with Crippen LogP contribution in [0, 0.1) is 13.8 Å². The lowest BCUT2D eigenvalue weighted by atomic mass is 9.98. The van der Waals surface area contributed by atoms with Crippen LogP contribution in [0.3, 0.4) is 0 Å². The van der Waals surface area contributed by atoms with Crippen LogP contribution >= 0.6 is 12.2 Å². The predicted molar refractivity (Wildman–Crippen MR) is 138 cm³/mol. The number of rotatable bonds is 5. The van der Waals surface area contributed by atoms with Gasteiger partial charge in [0.2, 0.25) is 5.89 Å². The second kappa shape index (κ2) is 9.55. The summed E-state index contributed by atoms with van der Waals surface area (Å²) in [5.41, 5.74) is 7.18. The minimum Gasteiger partial charge on any atom is -0.436 e. The van der Waals surface area contributed by atoms with E-state index in [1.54, 1.807) is 6.07 Å². The van der Waals surface area contributed by atoms with Gasteiger partial charge in [-0.05, 0) is 97.6 Å². The fourth-order valence-electron chi connectivity index (χ4n) is 3.56. The number of thiocarbonyl (C=S) groups is 1. The van der Waals surface area contributed by atoms with Crippen LogP contribution in [0.5, 0.6) is 0 Å². The molecule has 6 heteroatoms. The molecule has 2 N–H and O–H groups in total. The number of aryl methyl sites for hydroxylation is 2. The summed E-state index contributed by atoms with van der Waals surface area (Å²) in [5, 5.41) is 6.04. The van der Waals surface area contributed by atoms with Crippen LogP contribution in [0.25, 0.3) is 22.6 Å². The van der Waals surface area contributed by atoms with Gasteiger partial charge in [0, 0.05) is 16.8 Å². The summed E-state index contributed by atoms with van der Waals surface area (Å²) in [6.45, 7) is 8.37. The van der Waals surface area contributed by atoms with E-state index in [9.17, 15) is 4.79 Å². The molecule has 1 heterocycles. The molecular weight excluding hydrogens is 430 g/mol. The monoisotopic (exact) mass is 457 g/mol. The van der Waals surface area contributed by atoms with E-state index in [1.165, 1.54) is 5.56 Å². The molecule has 4 rings (SSSR count). The molecule has 0 aliphatic heterocycles. The third kappa shape index (κ3) is 5.12. The molecule has 0 bridgehead atoms. The lowest BCUT2D eigenvalue weighted by molar-refractivity contribution is 0.0977. The summed E-state index contributed by atoms with van der Waals surface area (Å²) in [7, 11) is 0. The van der Waals surface area contributed by atoms with Crippen molar-refractivity contribution in [2.45, 2.75) is 40.0 Å². The van der Waals surface area contributed by atoms with E-state index < -0.39 is 0 Å². The molecule has 0 saturated heterocycles. The van der Waals surface area contributed by atoms with Crippen molar-refractivity contribution < 1.29 is 9.21 Å². The minimum atomic E-state index is -0.247. The molecule has 1 aromatic heterocycles. The van der Waals surface area contributed by atoms with Gasteiger partial charge in [-0.3, -0.25) is 10.1 Å². The highest BCUT2D eigenvalue weighted by atomic mass is 32.1. The maximum Gasteiger partial charge on any atom is 0.257 e. The summed E-state index contributed by atoms with van der Waals surface area (Å²) in [6.07, 6.45) is 1.07. The molecule has 1 amide bonds. The first kappa shape index (κ1) is 22.7. The van der Waals surface area contributed by atoms with Gasteiger partial charge in [0.25, 0.3) is 5.91 Å². The van der Waals surface area contributed by atoms with Gasteiger partial charge in [-0.25, -0.2) is 4.98 Å². The summed E-state index contributed by atoms with van der Waals surface area (Å²) in [6, 6.07) is 19.3. The zero-order chi connectivity index (χ0) is 23.5. The molecule has 0 fully saturated rings. The maximum atomic E-state index is 12.5. The Labute approximate surface area is 199 Å². The zero-order valence-electron chi connectivity index (χ0n) is 19.2. The highest BCUT2D eigenvalue weighted by Crippen LogP contribution is 2.29. The number of hydrogen-bond donors (Lipinski definition) is 2. The average molecular weight is 458 g/mol. The predicted octanol–water partition coefficient (Wildman–Crippen LogP) is 6.75. The molecule has 5 nitrogen and oxygen atoms in total. The van der Waals surface area contributed by atoms with Crippen molar-refractivity contribution in [2.24, 2.45) is 0 Å². The summed E-state index contributed by atoms with van der Waals surface area (Å²) in [4.78, 5) is 17.2. The van der Waals surface area contributed by atoms with E-state index in [2.05, 4.69) is 41.6 Å². The molecule has 0 aliphatic carbocycles. The fraction of sp³-hybridized carbons (Fsp3) is 0.222. The first-order chi connectivity index (χ1) is 15.8. The molecular formula is C27H27N3O2S. The number of benzene rings is 3. The third-order valence-corrected chi connectivity index (χ3v) is 6.16. The van der Waals surface area contributed by atoms with E-state index in [0.717, 1.165) is 39.9 Å². The zero-order valence-corrected chi connectivity index (χ0v) is 20.0. The number of carbonyl (C=O) groups is 1. The Kier molecular flexibility index (Phi) is 6.56. The van der Waals surface area contributed by atoms with Gasteiger partial charge in [0.1, 0.15) is 5.52 Å². The van der Waals surface area contributed by atoms with Gasteiger partial charge in [0.05, 0.1) is 0 Å². The Morgan fingerprint density at radius 3 is 2.64 bits per heavy atom. The van der Waals surface area contributed by atoms with Crippen molar-refractivity contribution in [3.05, 3.63) is 82.9 Å². The van der Waals surface area contributed by atoms with Crippen LogP contribution in [0.2, 0.25) is 0 Å².